The maximum Gasteiger partial charge on any atom is 0.0592 e. The van der Waals surface area contributed by atoms with E-state index in [0.29, 0.717) is 0 Å². The summed E-state index contributed by atoms with van der Waals surface area (Å²) in [6.07, 6.45) is 8.62. The van der Waals surface area contributed by atoms with Crippen molar-refractivity contribution in [3.63, 3.8) is 0 Å². The predicted octanol–water partition coefficient (Wildman–Crippen LogP) is 1.81. The van der Waals surface area contributed by atoms with Crippen molar-refractivity contribution in [3.8, 4) is 12.3 Å². The van der Waals surface area contributed by atoms with Crippen LogP contribution >= 0.6 is 11.8 Å². The van der Waals surface area contributed by atoms with Crippen molar-refractivity contribution in [2.75, 3.05) is 5.75 Å². The highest BCUT2D eigenvalue weighted by Gasteiger charge is 1.87. The molecule has 0 aliphatic carbocycles. The number of terminal acetylenes is 1. The van der Waals surface area contributed by atoms with E-state index in [4.69, 9.17) is 6.42 Å². The van der Waals surface area contributed by atoms with E-state index in [9.17, 15) is 0 Å². The van der Waals surface area contributed by atoms with Crippen molar-refractivity contribution in [2.45, 2.75) is 4.90 Å². The fourth-order valence-electron chi connectivity index (χ4n) is 0.559. The molecule has 0 fully saturated rings. The summed E-state index contributed by atoms with van der Waals surface area (Å²) in [5.41, 5.74) is 0. The Morgan fingerprint density at radius 1 is 1.50 bits per heavy atom. The van der Waals surface area contributed by atoms with Crippen molar-refractivity contribution >= 4 is 11.8 Å². The van der Waals surface area contributed by atoms with Gasteiger partial charge in [0.15, 0.2) is 0 Å². The van der Waals surface area contributed by atoms with Gasteiger partial charge < -0.3 is 0 Å². The van der Waals surface area contributed by atoms with Crippen molar-refractivity contribution in [1.29, 1.82) is 0 Å². The Morgan fingerprint density at radius 2 is 2.20 bits per heavy atom. The molecular weight excluding hydrogens is 142 g/mol. The van der Waals surface area contributed by atoms with Crippen LogP contribution in [0.25, 0.3) is 0 Å². The van der Waals surface area contributed by atoms with Crippen LogP contribution < -0.4 is 0 Å². The molecule has 0 unspecified atom stereocenters. The molecule has 0 aliphatic rings. The van der Waals surface area contributed by atoms with Gasteiger partial charge >= 0.3 is 0 Å². The average molecular weight is 149 g/mol. The Kier molecular flexibility index (Phi) is 2.85. The molecule has 0 spiro atoms. The molecule has 2 heteroatoms. The Balaban J connectivity index is 2.52. The van der Waals surface area contributed by atoms with Gasteiger partial charge in [-0.15, -0.1) is 18.2 Å². The summed E-state index contributed by atoms with van der Waals surface area (Å²) in [7, 11) is 0. The second-order valence-electron chi connectivity index (χ2n) is 1.68. The SMILES string of the molecule is C#CCSc1ccncc1. The smallest absolute Gasteiger partial charge is 0.0592 e. The molecule has 0 aliphatic heterocycles. The lowest BCUT2D eigenvalue weighted by Gasteiger charge is -1.92. The van der Waals surface area contributed by atoms with E-state index >= 15 is 0 Å². The maximum absolute atomic E-state index is 5.09. The summed E-state index contributed by atoms with van der Waals surface area (Å²) in [6.45, 7) is 0. The van der Waals surface area contributed by atoms with Gasteiger partial charge in [0, 0.05) is 17.3 Å². The van der Waals surface area contributed by atoms with Crippen LogP contribution in [0.3, 0.4) is 0 Å². The topological polar surface area (TPSA) is 12.9 Å². The lowest BCUT2D eigenvalue weighted by atomic mass is 10.5. The minimum Gasteiger partial charge on any atom is -0.265 e. The number of thioether (sulfide) groups is 1. The van der Waals surface area contributed by atoms with E-state index in [1.165, 1.54) is 4.90 Å². The van der Waals surface area contributed by atoms with Crippen LogP contribution in [0.4, 0.5) is 0 Å². The largest absolute Gasteiger partial charge is 0.265 e. The first-order valence-electron chi connectivity index (χ1n) is 2.90. The zero-order chi connectivity index (χ0) is 7.23. The number of aromatic nitrogens is 1. The number of hydrogen-bond donors (Lipinski definition) is 0. The lowest BCUT2D eigenvalue weighted by molar-refractivity contribution is 1.26. The molecule has 1 rings (SSSR count). The first-order chi connectivity index (χ1) is 4.93. The van der Waals surface area contributed by atoms with Crippen LogP contribution in [-0.2, 0) is 0 Å². The highest BCUT2D eigenvalue weighted by Crippen LogP contribution is 2.14. The Morgan fingerprint density at radius 3 is 2.80 bits per heavy atom. The predicted molar refractivity (Wildman–Crippen MR) is 43.8 cm³/mol. The molecule has 0 saturated heterocycles. The minimum atomic E-state index is 0.726. The van der Waals surface area contributed by atoms with Gasteiger partial charge in [-0.05, 0) is 12.1 Å². The van der Waals surface area contributed by atoms with E-state index in [0.717, 1.165) is 5.75 Å². The molecule has 1 aromatic rings. The van der Waals surface area contributed by atoms with Crippen LogP contribution in [0.2, 0.25) is 0 Å². The Bertz CT molecular complexity index is 225. The monoisotopic (exact) mass is 149 g/mol. The fourth-order valence-corrected chi connectivity index (χ4v) is 1.12. The van der Waals surface area contributed by atoms with E-state index in [1.54, 1.807) is 24.2 Å². The number of nitrogens with zero attached hydrogens (tertiary/aromatic N) is 1. The summed E-state index contributed by atoms with van der Waals surface area (Å²) in [6, 6.07) is 3.89. The van der Waals surface area contributed by atoms with Crippen LogP contribution in [0.5, 0.6) is 0 Å². The van der Waals surface area contributed by atoms with Crippen molar-refractivity contribution in [1.82, 2.24) is 4.98 Å². The van der Waals surface area contributed by atoms with Gasteiger partial charge in [-0.3, -0.25) is 4.98 Å². The van der Waals surface area contributed by atoms with Gasteiger partial charge in [0.2, 0.25) is 0 Å². The summed E-state index contributed by atoms with van der Waals surface area (Å²) >= 11 is 1.64. The van der Waals surface area contributed by atoms with Gasteiger partial charge in [0.05, 0.1) is 5.75 Å². The maximum atomic E-state index is 5.09. The zero-order valence-electron chi connectivity index (χ0n) is 5.45. The summed E-state index contributed by atoms with van der Waals surface area (Å²) < 4.78 is 0. The highest BCUT2D eigenvalue weighted by molar-refractivity contribution is 7.99. The second kappa shape index (κ2) is 3.97. The van der Waals surface area contributed by atoms with Gasteiger partial charge in [0.1, 0.15) is 0 Å². The summed E-state index contributed by atoms with van der Waals surface area (Å²) in [5, 5.41) is 0. The van der Waals surface area contributed by atoms with Gasteiger partial charge in [-0.25, -0.2) is 0 Å². The fraction of sp³-hybridized carbons (Fsp3) is 0.125. The molecule has 0 radical (unpaired) electrons. The first kappa shape index (κ1) is 7.17. The van der Waals surface area contributed by atoms with E-state index in [-0.39, 0.29) is 0 Å². The minimum absolute atomic E-state index is 0.726. The Labute approximate surface area is 64.9 Å². The third-order valence-corrected chi connectivity index (χ3v) is 1.89. The van der Waals surface area contributed by atoms with Gasteiger partial charge in [-0.2, -0.15) is 0 Å². The van der Waals surface area contributed by atoms with Crippen LogP contribution in [0.15, 0.2) is 29.4 Å². The standard InChI is InChI=1S/C8H7NS/c1-2-7-10-8-3-5-9-6-4-8/h1,3-6H,7H2. The van der Waals surface area contributed by atoms with E-state index in [2.05, 4.69) is 10.9 Å². The zero-order valence-corrected chi connectivity index (χ0v) is 6.27. The van der Waals surface area contributed by atoms with Crippen LogP contribution in [-0.4, -0.2) is 10.7 Å². The molecule has 1 nitrogen and oxygen atoms in total. The first-order valence-corrected chi connectivity index (χ1v) is 3.88. The van der Waals surface area contributed by atoms with Crippen molar-refractivity contribution in [3.05, 3.63) is 24.5 Å². The van der Waals surface area contributed by atoms with Crippen LogP contribution in [0, 0.1) is 12.3 Å². The average Bonchev–Trinajstić information content (AvgIpc) is 2.03. The molecule has 0 amide bonds. The third-order valence-electron chi connectivity index (χ3n) is 0.972. The molecule has 0 aromatic carbocycles. The van der Waals surface area contributed by atoms with E-state index < -0.39 is 0 Å². The third kappa shape index (κ3) is 2.12. The lowest BCUT2D eigenvalue weighted by Crippen LogP contribution is -1.73. The molecule has 0 atom stereocenters. The van der Waals surface area contributed by atoms with Gasteiger partial charge in [0.25, 0.3) is 0 Å². The number of pyridine rings is 1. The molecular formula is C8H7NS. The van der Waals surface area contributed by atoms with Crippen molar-refractivity contribution in [2.24, 2.45) is 0 Å². The Hall–Kier alpha value is -0.940. The second-order valence-corrected chi connectivity index (χ2v) is 2.72. The molecule has 1 heterocycles. The quantitative estimate of drug-likeness (QED) is 0.470. The van der Waals surface area contributed by atoms with Crippen molar-refractivity contribution < 1.29 is 0 Å². The number of rotatable bonds is 2. The molecule has 50 valence electrons. The molecule has 1 aromatic heterocycles. The molecule has 0 saturated carbocycles. The summed E-state index contributed by atoms with van der Waals surface area (Å²) in [4.78, 5) is 5.06. The van der Waals surface area contributed by atoms with E-state index in [1.807, 2.05) is 12.1 Å². The normalized spacial score (nSPS) is 8.70. The van der Waals surface area contributed by atoms with Gasteiger partial charge in [-0.1, -0.05) is 5.92 Å². The van der Waals surface area contributed by atoms with Crippen LogP contribution in [0.1, 0.15) is 0 Å². The summed E-state index contributed by atoms with van der Waals surface area (Å²) in [5.74, 6) is 3.28. The number of hydrogen-bond acceptors (Lipinski definition) is 2. The molecule has 0 bridgehead atoms. The molecule has 0 N–H and O–H groups in total. The highest BCUT2D eigenvalue weighted by atomic mass is 32.2. The molecule has 10 heavy (non-hydrogen) atoms.